The molecule has 0 atom stereocenters. The van der Waals surface area contributed by atoms with Crippen molar-refractivity contribution in [3.8, 4) is 23.0 Å². The molecule has 332 valence electrons. The lowest BCUT2D eigenvalue weighted by Gasteiger charge is -2.25. The highest BCUT2D eigenvalue weighted by molar-refractivity contribution is 7.92. The summed E-state index contributed by atoms with van der Waals surface area (Å²) in [4.78, 5) is 7.25. The summed E-state index contributed by atoms with van der Waals surface area (Å²) in [6, 6.07) is 4.61. The number of anilines is 2. The number of hydrogen-bond donors (Lipinski definition) is 6. The summed E-state index contributed by atoms with van der Waals surface area (Å²) in [5.41, 5.74) is -1.15. The van der Waals surface area contributed by atoms with Crippen molar-refractivity contribution in [1.82, 2.24) is 0 Å². The number of benzene rings is 3. The van der Waals surface area contributed by atoms with E-state index in [1.807, 2.05) is 0 Å². The SMILES string of the molecule is O=S(=O)(O)OCCNc1ccc2c(c1S(=O)(=O)CCOS(=O)(=O)O)Oc1c(Cl)c3c(c(Cl)c1=N2)Oc1c(ccc(NCCOS(=O)(=O)O)c1S(=O)(=O)CCOS(=O)(=O)O)N=3. The Morgan fingerprint density at radius 2 is 0.817 bits per heavy atom. The molecule has 2 aliphatic rings. The van der Waals surface area contributed by atoms with Gasteiger partial charge in [0.25, 0.3) is 0 Å². The van der Waals surface area contributed by atoms with Crippen LogP contribution < -0.4 is 30.8 Å². The van der Waals surface area contributed by atoms with Gasteiger partial charge in [-0.1, -0.05) is 23.2 Å². The van der Waals surface area contributed by atoms with Gasteiger partial charge in [0.2, 0.25) is 0 Å². The third kappa shape index (κ3) is 11.9. The minimum atomic E-state index is -5.09. The second-order valence-corrected chi connectivity index (χ2v) is 20.7. The summed E-state index contributed by atoms with van der Waals surface area (Å²) in [5, 5.41) is 3.54. The molecule has 0 radical (unpaired) electrons. The molecule has 0 aromatic heterocycles. The second-order valence-electron chi connectivity index (χ2n) is 11.5. The number of rotatable bonds is 20. The average Bonchev–Trinajstić information content (AvgIpc) is 3.10. The molecule has 3 aromatic carbocycles. The molecule has 60 heavy (non-hydrogen) atoms. The van der Waals surface area contributed by atoms with E-state index in [0.29, 0.717) is 0 Å². The van der Waals surface area contributed by atoms with Gasteiger partial charge in [0, 0.05) is 13.1 Å². The van der Waals surface area contributed by atoms with Crippen LogP contribution in [0.5, 0.6) is 23.0 Å². The predicted octanol–water partition coefficient (Wildman–Crippen LogP) is 0.756. The van der Waals surface area contributed by atoms with Crippen molar-refractivity contribution < 1.29 is 94.9 Å². The summed E-state index contributed by atoms with van der Waals surface area (Å²) in [6.07, 6.45) is 0. The van der Waals surface area contributed by atoms with Crippen LogP contribution in [-0.2, 0) is 78.0 Å². The number of nitrogens with one attached hydrogen (secondary N) is 2. The van der Waals surface area contributed by atoms with Crippen LogP contribution >= 0.6 is 23.2 Å². The van der Waals surface area contributed by atoms with Gasteiger partial charge >= 0.3 is 41.6 Å². The fourth-order valence-corrected chi connectivity index (χ4v) is 9.92. The second kappa shape index (κ2) is 17.7. The standard InChI is InChI=1S/C26H26Cl2N4O22S6/c27-17-19-23(53-21-13(31-19)1-3-15(29-5-7-49-57(37,38)39)25(21)55(33,34)11-9-51-59(43,44)45)18(28)20-24(17)54-22-14(32-20)2-4-16(30-6-8-50-58(40,41)42)26(22)56(35,36)12-10-52-60(46,47)48/h1-4,29-30H,5-12H2,(H,37,38,39)(H,40,41,42)(H,43,44,45)(H,46,47,48). The zero-order valence-electron chi connectivity index (χ0n) is 29.2. The van der Waals surface area contributed by atoms with Crippen molar-refractivity contribution >= 4 is 107 Å². The van der Waals surface area contributed by atoms with E-state index in [-0.39, 0.29) is 33.5 Å². The van der Waals surface area contributed by atoms with E-state index in [0.717, 1.165) is 12.1 Å². The van der Waals surface area contributed by atoms with Gasteiger partial charge in [-0.25, -0.2) is 43.6 Å². The maximum absolute atomic E-state index is 13.7. The van der Waals surface area contributed by atoms with Gasteiger partial charge < -0.3 is 20.1 Å². The van der Waals surface area contributed by atoms with Crippen LogP contribution in [0.2, 0.25) is 10.0 Å². The van der Waals surface area contributed by atoms with Crippen molar-refractivity contribution in [1.29, 1.82) is 0 Å². The van der Waals surface area contributed by atoms with E-state index < -0.39 is 155 Å². The Bertz CT molecular complexity index is 2850. The van der Waals surface area contributed by atoms with Gasteiger partial charge in [-0.3, -0.25) is 18.2 Å². The van der Waals surface area contributed by atoms with Crippen molar-refractivity contribution in [2.24, 2.45) is 9.98 Å². The van der Waals surface area contributed by atoms with E-state index in [4.69, 9.17) is 50.9 Å². The van der Waals surface area contributed by atoms with E-state index in [9.17, 15) is 50.5 Å². The molecule has 6 N–H and O–H groups in total. The average molecular weight is 1010 g/mol. The van der Waals surface area contributed by atoms with E-state index in [1.54, 1.807) is 0 Å². The number of nitrogens with zero attached hydrogens (tertiary/aromatic N) is 2. The van der Waals surface area contributed by atoms with Crippen molar-refractivity contribution in [2.45, 2.75) is 9.79 Å². The fraction of sp³-hybridized carbons (Fsp3) is 0.308. The maximum Gasteiger partial charge on any atom is 0.397 e. The van der Waals surface area contributed by atoms with Gasteiger partial charge in [0.15, 0.2) is 42.7 Å². The molecule has 0 saturated carbocycles. The quantitative estimate of drug-likeness (QED) is 0.0463. The Balaban J connectivity index is 1.63. The molecule has 3 aromatic rings. The van der Waals surface area contributed by atoms with Crippen LogP contribution in [0, 0.1) is 0 Å². The van der Waals surface area contributed by atoms with Gasteiger partial charge in [-0.15, -0.1) is 0 Å². The third-order valence-corrected chi connectivity index (χ3v) is 13.4. The summed E-state index contributed by atoms with van der Waals surface area (Å²) in [5.74, 6) is -4.22. The highest BCUT2D eigenvalue weighted by atomic mass is 35.5. The first-order chi connectivity index (χ1) is 27.6. The summed E-state index contributed by atoms with van der Waals surface area (Å²) < 4.78 is 207. The number of halogens is 2. The third-order valence-electron chi connectivity index (χ3n) is 7.39. The van der Waals surface area contributed by atoms with Crippen molar-refractivity contribution in [3.63, 3.8) is 0 Å². The van der Waals surface area contributed by atoms with Crippen LogP contribution in [0.25, 0.3) is 0 Å². The summed E-state index contributed by atoms with van der Waals surface area (Å²) in [6.45, 7) is -4.53. The molecular formula is C26H26Cl2N4O22S6. The highest BCUT2D eigenvalue weighted by Crippen LogP contribution is 2.49. The lowest BCUT2D eigenvalue weighted by atomic mass is 10.2. The zero-order valence-corrected chi connectivity index (χ0v) is 35.6. The Morgan fingerprint density at radius 1 is 0.500 bits per heavy atom. The van der Waals surface area contributed by atoms with Gasteiger partial charge in [-0.05, 0) is 24.3 Å². The molecule has 26 nitrogen and oxygen atoms in total. The monoisotopic (exact) mass is 1010 g/mol. The van der Waals surface area contributed by atoms with Crippen LogP contribution in [0.1, 0.15) is 0 Å². The predicted molar refractivity (Wildman–Crippen MR) is 202 cm³/mol. The molecule has 34 heteroatoms. The number of sulfone groups is 2. The lowest BCUT2D eigenvalue weighted by molar-refractivity contribution is 0.277. The van der Waals surface area contributed by atoms with Crippen LogP contribution in [0.3, 0.4) is 0 Å². The first kappa shape index (κ1) is 47.5. The molecule has 2 aliphatic heterocycles. The summed E-state index contributed by atoms with van der Waals surface area (Å²) in [7, 11) is -29.4. The van der Waals surface area contributed by atoms with Crippen LogP contribution in [-0.4, -0.2) is 120 Å². The Morgan fingerprint density at radius 3 is 1.13 bits per heavy atom. The van der Waals surface area contributed by atoms with Crippen LogP contribution in [0.4, 0.5) is 22.7 Å². The van der Waals surface area contributed by atoms with Gasteiger partial charge in [0.1, 0.15) is 41.9 Å². The van der Waals surface area contributed by atoms with Crippen molar-refractivity contribution in [2.75, 3.05) is 61.7 Å². The number of ether oxygens (including phenoxy) is 2. The van der Waals surface area contributed by atoms with Crippen LogP contribution in [0.15, 0.2) is 44.0 Å². The molecule has 0 saturated heterocycles. The molecule has 0 spiro atoms. The smallest absolute Gasteiger partial charge is 0.397 e. The zero-order chi connectivity index (χ0) is 44.6. The minimum Gasteiger partial charge on any atom is -0.450 e. The van der Waals surface area contributed by atoms with Crippen molar-refractivity contribution in [3.05, 3.63) is 45.0 Å². The van der Waals surface area contributed by atoms with E-state index in [2.05, 4.69) is 37.4 Å². The molecule has 0 aliphatic carbocycles. The van der Waals surface area contributed by atoms with E-state index in [1.165, 1.54) is 12.1 Å². The molecule has 0 amide bonds. The molecule has 0 unspecified atom stereocenters. The van der Waals surface area contributed by atoms with Gasteiger partial charge in [0.05, 0.1) is 49.3 Å². The molecule has 0 fully saturated rings. The summed E-state index contributed by atoms with van der Waals surface area (Å²) >= 11 is 13.4. The normalized spacial score (nSPS) is 14.0. The Hall–Kier alpha value is -3.58. The highest BCUT2D eigenvalue weighted by Gasteiger charge is 2.35. The number of hydrogen-bond acceptors (Lipinski definition) is 22. The Kier molecular flexibility index (Phi) is 14.0. The molecule has 2 heterocycles. The van der Waals surface area contributed by atoms with Gasteiger partial charge in [-0.2, -0.15) is 33.7 Å². The first-order valence-electron chi connectivity index (χ1n) is 15.7. The lowest BCUT2D eigenvalue weighted by Crippen LogP contribution is -2.25. The topological polar surface area (TPSA) is 390 Å². The molecular weight excluding hydrogens is 984 g/mol. The molecule has 5 rings (SSSR count). The molecule has 0 bridgehead atoms. The number of fused-ring (bicyclic) bond motifs is 4. The van der Waals surface area contributed by atoms with E-state index >= 15 is 0 Å². The largest absolute Gasteiger partial charge is 0.450 e. The first-order valence-corrected chi connectivity index (χ1v) is 25.2. The minimum absolute atomic E-state index is 0.275. The fourth-order valence-electron chi connectivity index (χ4n) is 5.19. The Labute approximate surface area is 349 Å². The maximum atomic E-state index is 13.7.